The highest BCUT2D eigenvalue weighted by atomic mass is 16.6. The highest BCUT2D eigenvalue weighted by molar-refractivity contribution is 5.75. The zero-order chi connectivity index (χ0) is 11.0. The van der Waals surface area contributed by atoms with Crippen LogP contribution in [-0.2, 0) is 4.79 Å². The average molecular weight is 198 g/mol. The Labute approximate surface area is 79.9 Å². The fourth-order valence-electron chi connectivity index (χ4n) is 0.803. The molecule has 0 bridgehead atoms. The van der Waals surface area contributed by atoms with E-state index in [1.807, 2.05) is 6.07 Å². The van der Waals surface area contributed by atoms with Gasteiger partial charge in [0.25, 0.3) is 0 Å². The summed E-state index contributed by atoms with van der Waals surface area (Å²) < 4.78 is 0. The van der Waals surface area contributed by atoms with Crippen molar-refractivity contribution >= 4 is 5.97 Å². The first kappa shape index (κ1) is 12.0. The summed E-state index contributed by atoms with van der Waals surface area (Å²) in [7, 11) is 0. The number of hydrogen-bond donors (Lipinski definition) is 3. The third kappa shape index (κ3) is 4.17. The maximum atomic E-state index is 10.4. The lowest BCUT2D eigenvalue weighted by Gasteiger charge is -2.04. The van der Waals surface area contributed by atoms with Crippen LogP contribution in [0.3, 0.4) is 0 Å². The number of benzene rings is 1. The van der Waals surface area contributed by atoms with Crippen LogP contribution in [0.5, 0.6) is 0 Å². The Bertz CT molecular complexity index is 289. The summed E-state index contributed by atoms with van der Waals surface area (Å²) in [5.41, 5.74) is 5.96. The molecule has 1 aromatic carbocycles. The van der Waals surface area contributed by atoms with Crippen LogP contribution < -0.4 is 5.73 Å². The van der Waals surface area contributed by atoms with Crippen molar-refractivity contribution < 1.29 is 15.1 Å². The summed E-state index contributed by atoms with van der Waals surface area (Å²) in [5, 5.41) is 16.4. The molecule has 1 atom stereocenters. The van der Waals surface area contributed by atoms with E-state index >= 15 is 0 Å². The normalized spacial score (nSPS) is 10.6. The van der Waals surface area contributed by atoms with E-state index in [0.717, 1.165) is 0 Å². The van der Waals surface area contributed by atoms with Crippen molar-refractivity contribution in [3.8, 4) is 0 Å². The molecule has 0 aromatic heterocycles. The molecule has 76 valence electrons. The van der Waals surface area contributed by atoms with Crippen molar-refractivity contribution in [3.05, 3.63) is 40.8 Å². The van der Waals surface area contributed by atoms with Gasteiger partial charge in [0, 0.05) is 0 Å². The summed E-state index contributed by atoms with van der Waals surface area (Å²) in [6, 6.07) is 7.82. The van der Waals surface area contributed by atoms with Crippen LogP contribution in [0.25, 0.3) is 0 Å². The number of carbonyl (C=O) groups is 1. The summed E-state index contributed by atoms with van der Waals surface area (Å²) in [6.07, 6.45) is 0. The molecule has 1 rings (SSSR count). The summed E-state index contributed by atoms with van der Waals surface area (Å²) in [6.45, 7) is 0. The minimum atomic E-state index is -1.00. The summed E-state index contributed by atoms with van der Waals surface area (Å²) >= 11 is 0. The van der Waals surface area contributed by atoms with Crippen molar-refractivity contribution in [3.63, 3.8) is 0 Å². The van der Waals surface area contributed by atoms with Gasteiger partial charge in [0.2, 0.25) is 0 Å². The first-order valence-corrected chi connectivity index (χ1v) is 3.63. The number of aliphatic carboxylic acids is 1. The monoisotopic (exact) mass is 198 g/mol. The predicted molar refractivity (Wildman–Crippen MR) is 48.6 cm³/mol. The maximum Gasteiger partial charge on any atom is 0.325 e. The first-order valence-electron chi connectivity index (χ1n) is 3.63. The number of hydrogen-bond acceptors (Lipinski definition) is 4. The molecule has 0 amide bonds. The second-order valence-electron chi connectivity index (χ2n) is 2.31. The highest BCUT2D eigenvalue weighted by Crippen LogP contribution is 2.08. The minimum absolute atomic E-state index is 0.625. The molecule has 0 spiro atoms. The number of carboxylic acid groups (broad SMARTS) is 1. The minimum Gasteiger partial charge on any atom is -0.480 e. The summed E-state index contributed by atoms with van der Waals surface area (Å²) in [5.74, 6) is -1.00. The van der Waals surface area contributed by atoms with Crippen molar-refractivity contribution in [2.75, 3.05) is 0 Å². The number of carboxylic acids is 1. The molecular formula is C8H10N2O4. The molecule has 6 heteroatoms. The van der Waals surface area contributed by atoms with Gasteiger partial charge in [-0.2, -0.15) is 0 Å². The third-order valence-electron chi connectivity index (χ3n) is 1.42. The van der Waals surface area contributed by atoms with Crippen LogP contribution in [0.2, 0.25) is 0 Å². The lowest BCUT2D eigenvalue weighted by Crippen LogP contribution is -2.20. The molecule has 0 aliphatic heterocycles. The van der Waals surface area contributed by atoms with E-state index in [9.17, 15) is 4.79 Å². The van der Waals surface area contributed by atoms with Crippen LogP contribution in [-0.4, -0.2) is 16.3 Å². The predicted octanol–water partition coefficient (Wildman–Crippen LogP) is 0.913. The van der Waals surface area contributed by atoms with Gasteiger partial charge in [0.05, 0.1) is 0 Å². The third-order valence-corrected chi connectivity index (χ3v) is 1.42. The smallest absolute Gasteiger partial charge is 0.325 e. The fourth-order valence-corrected chi connectivity index (χ4v) is 0.803. The molecule has 4 N–H and O–H groups in total. The Morgan fingerprint density at radius 1 is 1.36 bits per heavy atom. The van der Waals surface area contributed by atoms with Crippen molar-refractivity contribution in [1.82, 2.24) is 0 Å². The molecule has 1 unspecified atom stereocenters. The van der Waals surface area contributed by atoms with Gasteiger partial charge in [-0.1, -0.05) is 30.3 Å². The van der Waals surface area contributed by atoms with Crippen molar-refractivity contribution in [2.45, 2.75) is 6.04 Å². The van der Waals surface area contributed by atoms with Gasteiger partial charge in [-0.3, -0.25) is 4.79 Å². The number of nitrogens with zero attached hydrogens (tertiary/aromatic N) is 1. The molecule has 0 saturated heterocycles. The zero-order valence-corrected chi connectivity index (χ0v) is 7.20. The second kappa shape index (κ2) is 6.55. The van der Waals surface area contributed by atoms with Gasteiger partial charge >= 0.3 is 5.97 Å². The van der Waals surface area contributed by atoms with E-state index in [1.165, 1.54) is 5.34 Å². The van der Waals surface area contributed by atoms with Crippen LogP contribution in [0, 0.1) is 4.91 Å². The van der Waals surface area contributed by atoms with Gasteiger partial charge in [-0.25, -0.2) is 0 Å². The maximum absolute atomic E-state index is 10.4. The topological polar surface area (TPSA) is 113 Å². The van der Waals surface area contributed by atoms with Gasteiger partial charge in [-0.15, -0.1) is 4.91 Å². The highest BCUT2D eigenvalue weighted by Gasteiger charge is 2.12. The molecule has 0 heterocycles. The lowest BCUT2D eigenvalue weighted by molar-refractivity contribution is -0.138. The molecule has 0 fully saturated rings. The number of nitrogens with two attached hydrogens (primary N) is 1. The Morgan fingerprint density at radius 3 is 2.14 bits per heavy atom. The molecule has 0 aliphatic carbocycles. The zero-order valence-electron chi connectivity index (χ0n) is 7.20. The molecule has 0 aliphatic rings. The van der Waals surface area contributed by atoms with Crippen molar-refractivity contribution in [1.29, 1.82) is 0 Å². The van der Waals surface area contributed by atoms with E-state index in [2.05, 4.69) is 0 Å². The van der Waals surface area contributed by atoms with E-state index < -0.39 is 12.0 Å². The van der Waals surface area contributed by atoms with E-state index in [-0.39, 0.29) is 0 Å². The van der Waals surface area contributed by atoms with Gasteiger partial charge in [0.1, 0.15) is 6.04 Å². The Balaban J connectivity index is 0.000000500. The molecule has 0 saturated carbocycles. The van der Waals surface area contributed by atoms with Gasteiger partial charge < -0.3 is 16.0 Å². The van der Waals surface area contributed by atoms with E-state index in [4.69, 9.17) is 21.0 Å². The van der Waals surface area contributed by atoms with Crippen molar-refractivity contribution in [2.24, 2.45) is 11.1 Å². The van der Waals surface area contributed by atoms with Gasteiger partial charge in [0.15, 0.2) is 5.34 Å². The second-order valence-corrected chi connectivity index (χ2v) is 2.31. The quantitative estimate of drug-likeness (QED) is 0.483. The van der Waals surface area contributed by atoms with Crippen LogP contribution in [0.1, 0.15) is 11.6 Å². The molecule has 1 aromatic rings. The first-order chi connectivity index (χ1) is 6.63. The standard InChI is InChI=1S/C8H9NO2.HNO2/c9-7(8(10)11)6-4-2-1-3-5-6;2-1-3/h1-5,7H,9H2,(H,10,11);(H,2,3). The number of rotatable bonds is 2. The SMILES string of the molecule is NC(C(=O)O)c1ccccc1.O=NO. The van der Waals surface area contributed by atoms with Crippen LogP contribution in [0.4, 0.5) is 0 Å². The van der Waals surface area contributed by atoms with Crippen LogP contribution >= 0.6 is 0 Å². The Morgan fingerprint density at radius 2 is 1.79 bits per heavy atom. The Hall–Kier alpha value is -1.95. The van der Waals surface area contributed by atoms with Crippen LogP contribution in [0.15, 0.2) is 35.7 Å². The van der Waals surface area contributed by atoms with Gasteiger partial charge in [-0.05, 0) is 5.56 Å². The summed E-state index contributed by atoms with van der Waals surface area (Å²) in [4.78, 5) is 18.5. The average Bonchev–Trinajstić information content (AvgIpc) is 2.19. The lowest BCUT2D eigenvalue weighted by atomic mass is 10.1. The molecule has 14 heavy (non-hydrogen) atoms. The molecular weight excluding hydrogens is 188 g/mol. The molecule has 6 nitrogen and oxygen atoms in total. The van der Waals surface area contributed by atoms with E-state index in [0.29, 0.717) is 5.56 Å². The Kier molecular flexibility index (Phi) is 5.64. The fraction of sp³-hybridized carbons (Fsp3) is 0.125. The largest absolute Gasteiger partial charge is 0.480 e. The molecule has 0 radical (unpaired) electrons. The van der Waals surface area contributed by atoms with E-state index in [1.54, 1.807) is 24.3 Å².